The van der Waals surface area contributed by atoms with Crippen LogP contribution in [0.4, 0.5) is 0 Å². The van der Waals surface area contributed by atoms with Gasteiger partial charge in [-0.2, -0.15) is 0 Å². The molecule has 1 unspecified atom stereocenters. The van der Waals surface area contributed by atoms with Gasteiger partial charge in [-0.25, -0.2) is 13.1 Å². The van der Waals surface area contributed by atoms with Crippen LogP contribution in [0.2, 0.25) is 0 Å². The van der Waals surface area contributed by atoms with Crippen molar-refractivity contribution in [2.75, 3.05) is 19.6 Å². The standard InChI is InChI=1S/C24H28N4O3S/c1-27-16-21(20-4-2-3-5-23(20)27)24(28-12-9-18(29)10-13-28)15-26-32(30,31)19-7-6-17-8-11-25-22(17)14-19/h2-8,11,14,16,18,24-26,29H,9-10,12-13,15H2,1H3. The first kappa shape index (κ1) is 21.2. The first-order chi connectivity index (χ1) is 15.4. The molecule has 8 heteroatoms. The fourth-order valence-corrected chi connectivity index (χ4v) is 5.80. The van der Waals surface area contributed by atoms with Gasteiger partial charge in [0.05, 0.1) is 17.0 Å². The summed E-state index contributed by atoms with van der Waals surface area (Å²) < 4.78 is 31.2. The predicted octanol–water partition coefficient (Wildman–Crippen LogP) is 3.14. The second-order valence-corrected chi connectivity index (χ2v) is 10.3. The Kier molecular flexibility index (Phi) is 5.54. The highest BCUT2D eigenvalue weighted by molar-refractivity contribution is 7.89. The van der Waals surface area contributed by atoms with Crippen molar-refractivity contribution in [3.63, 3.8) is 0 Å². The van der Waals surface area contributed by atoms with E-state index >= 15 is 0 Å². The number of para-hydroxylation sites is 1. The summed E-state index contributed by atoms with van der Waals surface area (Å²) in [7, 11) is -1.67. The lowest BCUT2D eigenvalue weighted by Gasteiger charge is -2.36. The molecule has 1 aliphatic heterocycles. The predicted molar refractivity (Wildman–Crippen MR) is 126 cm³/mol. The molecule has 2 aromatic heterocycles. The van der Waals surface area contributed by atoms with Crippen LogP contribution in [0, 0.1) is 0 Å². The molecule has 1 fully saturated rings. The summed E-state index contributed by atoms with van der Waals surface area (Å²) in [6.45, 7) is 1.71. The Morgan fingerprint density at radius 1 is 1.16 bits per heavy atom. The lowest BCUT2D eigenvalue weighted by atomic mass is 10.00. The molecule has 5 rings (SSSR count). The van der Waals surface area contributed by atoms with Gasteiger partial charge >= 0.3 is 0 Å². The molecule has 168 valence electrons. The second kappa shape index (κ2) is 8.37. The lowest BCUT2D eigenvalue weighted by Crippen LogP contribution is -2.43. The molecule has 0 radical (unpaired) electrons. The summed E-state index contributed by atoms with van der Waals surface area (Å²) in [5, 5.41) is 12.1. The number of nitrogens with zero attached hydrogens (tertiary/aromatic N) is 2. The summed E-state index contributed by atoms with van der Waals surface area (Å²) in [5.74, 6) is 0. The summed E-state index contributed by atoms with van der Waals surface area (Å²) in [6, 6.07) is 15.1. The van der Waals surface area contributed by atoms with E-state index < -0.39 is 10.0 Å². The van der Waals surface area contributed by atoms with Gasteiger partial charge in [0.15, 0.2) is 0 Å². The number of piperidine rings is 1. The number of aryl methyl sites for hydroxylation is 1. The maximum Gasteiger partial charge on any atom is 0.240 e. The molecule has 2 aromatic carbocycles. The molecule has 32 heavy (non-hydrogen) atoms. The Hall–Kier alpha value is -2.65. The van der Waals surface area contributed by atoms with Gasteiger partial charge in [-0.3, -0.25) is 4.90 Å². The van der Waals surface area contributed by atoms with Crippen LogP contribution < -0.4 is 4.72 Å². The molecule has 0 aliphatic carbocycles. The van der Waals surface area contributed by atoms with E-state index in [-0.39, 0.29) is 23.6 Å². The van der Waals surface area contributed by atoms with E-state index in [0.29, 0.717) is 12.8 Å². The number of aliphatic hydroxyl groups excluding tert-OH is 1. The molecule has 1 atom stereocenters. The van der Waals surface area contributed by atoms with Crippen molar-refractivity contribution < 1.29 is 13.5 Å². The third-order valence-corrected chi connectivity index (χ3v) is 7.95. The van der Waals surface area contributed by atoms with Gasteiger partial charge in [0.2, 0.25) is 10.0 Å². The van der Waals surface area contributed by atoms with Crippen molar-refractivity contribution >= 4 is 31.8 Å². The minimum absolute atomic E-state index is 0.127. The van der Waals surface area contributed by atoms with Gasteiger partial charge in [0.1, 0.15) is 0 Å². The molecule has 1 aliphatic rings. The first-order valence-electron chi connectivity index (χ1n) is 11.0. The fourth-order valence-electron chi connectivity index (χ4n) is 4.74. The molecule has 3 N–H and O–H groups in total. The van der Waals surface area contributed by atoms with Crippen molar-refractivity contribution in [1.29, 1.82) is 0 Å². The Balaban J connectivity index is 1.46. The number of nitrogens with one attached hydrogen (secondary N) is 2. The van der Waals surface area contributed by atoms with E-state index in [9.17, 15) is 13.5 Å². The molecule has 1 saturated heterocycles. The minimum Gasteiger partial charge on any atom is -0.393 e. The number of benzene rings is 2. The van der Waals surface area contributed by atoms with Crippen LogP contribution in [0.15, 0.2) is 65.8 Å². The van der Waals surface area contributed by atoms with Gasteiger partial charge in [0, 0.05) is 55.5 Å². The van der Waals surface area contributed by atoms with Gasteiger partial charge in [0.25, 0.3) is 0 Å². The van der Waals surface area contributed by atoms with Crippen LogP contribution in [0.5, 0.6) is 0 Å². The zero-order valence-corrected chi connectivity index (χ0v) is 18.8. The summed E-state index contributed by atoms with van der Waals surface area (Å²) in [4.78, 5) is 5.61. The maximum atomic E-state index is 13.1. The zero-order valence-electron chi connectivity index (χ0n) is 18.0. The number of fused-ring (bicyclic) bond motifs is 2. The van der Waals surface area contributed by atoms with Gasteiger partial charge in [-0.1, -0.05) is 24.3 Å². The average molecular weight is 453 g/mol. The molecule has 0 saturated carbocycles. The molecule has 3 heterocycles. The summed E-state index contributed by atoms with van der Waals surface area (Å²) in [6.07, 6.45) is 4.99. The Labute approximate surface area is 187 Å². The average Bonchev–Trinajstić information content (AvgIpc) is 3.39. The van der Waals surface area contributed by atoms with Crippen molar-refractivity contribution in [2.45, 2.75) is 29.9 Å². The zero-order chi connectivity index (χ0) is 22.3. The Morgan fingerprint density at radius 2 is 1.94 bits per heavy atom. The summed E-state index contributed by atoms with van der Waals surface area (Å²) in [5.41, 5.74) is 3.01. The summed E-state index contributed by atoms with van der Waals surface area (Å²) >= 11 is 0. The van der Waals surface area contributed by atoms with E-state index in [4.69, 9.17) is 0 Å². The molecule has 7 nitrogen and oxygen atoms in total. The number of aromatic amines is 1. The SMILES string of the molecule is Cn1cc(C(CNS(=O)(=O)c2ccc3cc[nH]c3c2)N2CCC(O)CC2)c2ccccc21. The number of H-pyrrole nitrogens is 1. The Bertz CT molecular complexity index is 1350. The number of likely N-dealkylation sites (tertiary alicyclic amines) is 1. The van der Waals surface area contributed by atoms with E-state index in [1.807, 2.05) is 31.3 Å². The minimum atomic E-state index is -3.68. The number of rotatable bonds is 6. The molecule has 4 aromatic rings. The number of sulfonamides is 1. The third-order valence-electron chi connectivity index (χ3n) is 6.53. The highest BCUT2D eigenvalue weighted by atomic mass is 32.2. The number of aromatic nitrogens is 2. The molecule has 0 amide bonds. The topological polar surface area (TPSA) is 90.4 Å². The van der Waals surface area contributed by atoms with Crippen molar-refractivity contribution in [2.24, 2.45) is 7.05 Å². The molecule has 0 spiro atoms. The van der Waals surface area contributed by atoms with Crippen LogP contribution in [0.25, 0.3) is 21.8 Å². The quantitative estimate of drug-likeness (QED) is 0.419. The first-order valence-corrected chi connectivity index (χ1v) is 12.4. The maximum absolute atomic E-state index is 13.1. The fraction of sp³-hybridized carbons (Fsp3) is 0.333. The lowest BCUT2D eigenvalue weighted by molar-refractivity contribution is 0.0616. The second-order valence-electron chi connectivity index (χ2n) is 8.57. The van der Waals surface area contributed by atoms with E-state index in [1.54, 1.807) is 18.3 Å². The smallest absolute Gasteiger partial charge is 0.240 e. The van der Waals surface area contributed by atoms with E-state index in [0.717, 1.165) is 40.5 Å². The van der Waals surface area contributed by atoms with Gasteiger partial charge < -0.3 is 14.7 Å². The van der Waals surface area contributed by atoms with Crippen LogP contribution in [0.1, 0.15) is 24.4 Å². The van der Waals surface area contributed by atoms with Crippen LogP contribution in [0.3, 0.4) is 0 Å². The third kappa shape index (κ3) is 3.95. The van der Waals surface area contributed by atoms with Crippen LogP contribution in [-0.4, -0.2) is 53.7 Å². The van der Waals surface area contributed by atoms with Gasteiger partial charge in [-0.15, -0.1) is 0 Å². The Morgan fingerprint density at radius 3 is 2.75 bits per heavy atom. The van der Waals surface area contributed by atoms with Crippen LogP contribution >= 0.6 is 0 Å². The van der Waals surface area contributed by atoms with Crippen molar-refractivity contribution in [1.82, 2.24) is 19.2 Å². The number of aliphatic hydroxyl groups is 1. The van der Waals surface area contributed by atoms with Crippen molar-refractivity contribution in [3.05, 3.63) is 66.5 Å². The van der Waals surface area contributed by atoms with E-state index in [1.165, 1.54) is 0 Å². The molecular weight excluding hydrogens is 424 g/mol. The van der Waals surface area contributed by atoms with Crippen LogP contribution in [-0.2, 0) is 17.1 Å². The van der Waals surface area contributed by atoms with E-state index in [2.05, 4.69) is 37.5 Å². The molecule has 0 bridgehead atoms. The van der Waals surface area contributed by atoms with Gasteiger partial charge in [-0.05, 0) is 48.1 Å². The highest BCUT2D eigenvalue weighted by Crippen LogP contribution is 2.32. The normalized spacial score (nSPS) is 17.3. The molecular formula is C24H28N4O3S. The number of hydrogen-bond donors (Lipinski definition) is 3. The monoisotopic (exact) mass is 452 g/mol. The number of hydrogen-bond acceptors (Lipinski definition) is 4. The largest absolute Gasteiger partial charge is 0.393 e. The highest BCUT2D eigenvalue weighted by Gasteiger charge is 2.29. The van der Waals surface area contributed by atoms with Crippen molar-refractivity contribution in [3.8, 4) is 0 Å².